The number of hydrogen-bond donors (Lipinski definition) is 0. The van der Waals surface area contributed by atoms with Gasteiger partial charge in [-0.1, -0.05) is 36.4 Å². The summed E-state index contributed by atoms with van der Waals surface area (Å²) in [6.45, 7) is 5.85. The molecule has 2 fully saturated rings. The van der Waals surface area contributed by atoms with Crippen LogP contribution in [0.2, 0.25) is 0 Å². The number of carbonyl (C=O) groups is 1. The van der Waals surface area contributed by atoms with Crippen molar-refractivity contribution in [2.45, 2.75) is 38.7 Å². The van der Waals surface area contributed by atoms with E-state index in [1.807, 2.05) is 30.0 Å². The molecule has 2 aromatic rings. The van der Waals surface area contributed by atoms with Gasteiger partial charge in [0, 0.05) is 50.7 Å². The lowest BCUT2D eigenvalue weighted by Gasteiger charge is -2.40. The monoisotopic (exact) mass is 503 g/mol. The number of alkyl halides is 2. The largest absolute Gasteiger partial charge is 0.493 e. The number of likely N-dealkylation sites (tertiary alicyclic amines) is 1. The van der Waals surface area contributed by atoms with Gasteiger partial charge in [0.15, 0.2) is 0 Å². The normalized spacial score (nSPS) is 18.4. The molecule has 2 aliphatic heterocycles. The summed E-state index contributed by atoms with van der Waals surface area (Å²) in [5.41, 5.74) is 1.70. The summed E-state index contributed by atoms with van der Waals surface area (Å²) in [6.07, 6.45) is 1.53. The number of piperazine rings is 1. The van der Waals surface area contributed by atoms with Crippen LogP contribution in [-0.4, -0.2) is 78.9 Å². The topological polar surface area (TPSA) is 36.0 Å². The van der Waals surface area contributed by atoms with Gasteiger partial charge in [0.2, 0.25) is 0 Å². The van der Waals surface area contributed by atoms with Gasteiger partial charge in [-0.25, -0.2) is 4.39 Å². The average Bonchev–Trinajstić information content (AvgIpc) is 2.90. The second-order valence-corrected chi connectivity index (χ2v) is 9.69. The molecular weight excluding hydrogens is 467 g/mol. The molecule has 1 amide bonds. The van der Waals surface area contributed by atoms with Gasteiger partial charge >= 0.3 is 5.92 Å². The zero-order valence-electron chi connectivity index (χ0n) is 21.0. The minimum absolute atomic E-state index is 0.211. The van der Waals surface area contributed by atoms with Crippen LogP contribution >= 0.6 is 0 Å². The van der Waals surface area contributed by atoms with Gasteiger partial charge in [0.25, 0.3) is 5.91 Å². The number of halogens is 3. The van der Waals surface area contributed by atoms with Crippen LogP contribution < -0.4 is 4.74 Å². The molecule has 0 aromatic heterocycles. The molecule has 8 heteroatoms. The summed E-state index contributed by atoms with van der Waals surface area (Å²) in [7, 11) is 0. The maximum Gasteiger partial charge on any atom is 0.327 e. The Morgan fingerprint density at radius 3 is 2.31 bits per heavy atom. The fourth-order valence-corrected chi connectivity index (χ4v) is 5.15. The first kappa shape index (κ1) is 26.5. The van der Waals surface area contributed by atoms with Gasteiger partial charge in [-0.2, -0.15) is 8.78 Å². The van der Waals surface area contributed by atoms with E-state index in [0.717, 1.165) is 13.0 Å². The van der Waals surface area contributed by atoms with Crippen molar-refractivity contribution in [1.82, 2.24) is 14.7 Å². The Kier molecular flexibility index (Phi) is 8.90. The Labute approximate surface area is 211 Å². The first-order valence-electron chi connectivity index (χ1n) is 12.9. The number of hydrogen-bond acceptors (Lipinski definition) is 4. The molecule has 0 spiro atoms. The van der Waals surface area contributed by atoms with Gasteiger partial charge in [0.05, 0.1) is 6.61 Å². The van der Waals surface area contributed by atoms with E-state index < -0.39 is 17.7 Å². The van der Waals surface area contributed by atoms with Gasteiger partial charge in [-0.05, 0) is 57.0 Å². The first-order valence-corrected chi connectivity index (χ1v) is 12.9. The smallest absolute Gasteiger partial charge is 0.327 e. The molecule has 0 saturated carbocycles. The molecule has 0 N–H and O–H groups in total. The van der Waals surface area contributed by atoms with Gasteiger partial charge in [-0.15, -0.1) is 0 Å². The maximum absolute atomic E-state index is 15.2. The van der Waals surface area contributed by atoms with Crippen molar-refractivity contribution in [3.8, 4) is 5.75 Å². The third-order valence-corrected chi connectivity index (χ3v) is 7.36. The van der Waals surface area contributed by atoms with E-state index >= 15 is 8.78 Å². The van der Waals surface area contributed by atoms with Crippen molar-refractivity contribution in [3.63, 3.8) is 0 Å². The van der Waals surface area contributed by atoms with Crippen LogP contribution in [0.15, 0.2) is 48.5 Å². The lowest BCUT2D eigenvalue weighted by molar-refractivity contribution is -0.170. The molecule has 2 heterocycles. The summed E-state index contributed by atoms with van der Waals surface area (Å²) < 4.78 is 50.3. The van der Waals surface area contributed by atoms with E-state index in [1.165, 1.54) is 16.5 Å². The standard InChI is InChI=1S/C28H36F3N3O2/c1-2-36-26-10-6-9-25(29)24(26)21-33-17-19-34(20-18-33)27(35)28(30,31)23-12-15-32(16-13-23)14-11-22-7-4-3-5-8-22/h3-10,23H,2,11-21H2,1H3. The highest BCUT2D eigenvalue weighted by Gasteiger charge is 2.50. The second kappa shape index (κ2) is 12.1. The molecule has 0 unspecified atom stereocenters. The maximum atomic E-state index is 15.2. The van der Waals surface area contributed by atoms with Crippen molar-refractivity contribution >= 4 is 5.91 Å². The molecule has 0 aliphatic carbocycles. The SMILES string of the molecule is CCOc1cccc(F)c1CN1CCN(C(=O)C(F)(F)C2CCN(CCc3ccccc3)CC2)CC1. The minimum atomic E-state index is -3.36. The number of rotatable bonds is 9. The molecule has 4 rings (SSSR count). The van der Waals surface area contributed by atoms with Gasteiger partial charge in [-0.3, -0.25) is 9.69 Å². The highest BCUT2D eigenvalue weighted by molar-refractivity contribution is 5.84. The molecule has 196 valence electrons. The quantitative estimate of drug-likeness (QED) is 0.506. The van der Waals surface area contributed by atoms with Crippen molar-refractivity contribution < 1.29 is 22.7 Å². The molecule has 5 nitrogen and oxygen atoms in total. The Morgan fingerprint density at radius 2 is 1.64 bits per heavy atom. The van der Waals surface area contributed by atoms with Crippen LogP contribution in [0.25, 0.3) is 0 Å². The van der Waals surface area contributed by atoms with Crippen molar-refractivity contribution in [1.29, 1.82) is 0 Å². The highest BCUT2D eigenvalue weighted by atomic mass is 19.3. The third kappa shape index (κ3) is 6.40. The lowest BCUT2D eigenvalue weighted by Crippen LogP contribution is -2.56. The predicted octanol–water partition coefficient (Wildman–Crippen LogP) is 4.46. The van der Waals surface area contributed by atoms with E-state index in [0.29, 0.717) is 63.5 Å². The van der Waals surface area contributed by atoms with E-state index in [2.05, 4.69) is 17.0 Å². The van der Waals surface area contributed by atoms with E-state index in [-0.39, 0.29) is 18.9 Å². The summed E-state index contributed by atoms with van der Waals surface area (Å²) in [5, 5.41) is 0. The number of piperidine rings is 1. The fraction of sp³-hybridized carbons (Fsp3) is 0.536. The van der Waals surface area contributed by atoms with Gasteiger partial charge in [0.1, 0.15) is 11.6 Å². The number of carbonyl (C=O) groups excluding carboxylic acids is 1. The van der Waals surface area contributed by atoms with E-state index in [4.69, 9.17) is 4.74 Å². The van der Waals surface area contributed by atoms with Crippen LogP contribution in [0, 0.1) is 11.7 Å². The number of nitrogens with zero attached hydrogens (tertiary/aromatic N) is 3. The van der Waals surface area contributed by atoms with E-state index in [1.54, 1.807) is 12.1 Å². The van der Waals surface area contributed by atoms with Crippen molar-refractivity contribution in [3.05, 3.63) is 65.5 Å². The molecule has 36 heavy (non-hydrogen) atoms. The lowest BCUT2D eigenvalue weighted by atomic mass is 9.89. The molecular formula is C28H36F3N3O2. The zero-order valence-corrected chi connectivity index (χ0v) is 21.0. The summed E-state index contributed by atoms with van der Waals surface area (Å²) >= 11 is 0. The molecule has 0 bridgehead atoms. The molecule has 2 aromatic carbocycles. The molecule has 2 saturated heterocycles. The van der Waals surface area contributed by atoms with E-state index in [9.17, 15) is 9.18 Å². The van der Waals surface area contributed by atoms with Crippen LogP contribution in [-0.2, 0) is 17.8 Å². The third-order valence-electron chi connectivity index (χ3n) is 7.36. The van der Waals surface area contributed by atoms with Crippen molar-refractivity contribution in [2.24, 2.45) is 5.92 Å². The molecule has 0 radical (unpaired) electrons. The average molecular weight is 504 g/mol. The zero-order chi connectivity index (χ0) is 25.5. The Morgan fingerprint density at radius 1 is 0.944 bits per heavy atom. The minimum Gasteiger partial charge on any atom is -0.493 e. The predicted molar refractivity (Wildman–Crippen MR) is 134 cm³/mol. The van der Waals surface area contributed by atoms with Crippen LogP contribution in [0.4, 0.5) is 13.2 Å². The fourth-order valence-electron chi connectivity index (χ4n) is 5.15. The number of ether oxygens (including phenoxy) is 1. The highest BCUT2D eigenvalue weighted by Crippen LogP contribution is 2.35. The Balaban J connectivity index is 1.25. The van der Waals surface area contributed by atoms with Gasteiger partial charge < -0.3 is 14.5 Å². The second-order valence-electron chi connectivity index (χ2n) is 9.69. The Bertz CT molecular complexity index is 989. The van der Waals surface area contributed by atoms with Crippen LogP contribution in [0.5, 0.6) is 5.75 Å². The summed E-state index contributed by atoms with van der Waals surface area (Å²) in [4.78, 5) is 18.3. The summed E-state index contributed by atoms with van der Waals surface area (Å²) in [6, 6.07) is 14.9. The van der Waals surface area contributed by atoms with Crippen LogP contribution in [0.1, 0.15) is 30.9 Å². The molecule has 2 aliphatic rings. The van der Waals surface area contributed by atoms with Crippen molar-refractivity contribution in [2.75, 3.05) is 52.4 Å². The number of amides is 1. The first-order chi connectivity index (χ1) is 17.4. The number of benzene rings is 2. The summed E-state index contributed by atoms with van der Waals surface area (Å²) in [5.74, 6) is -5.20. The molecule has 0 atom stereocenters. The Hall–Kier alpha value is -2.58. The van der Waals surface area contributed by atoms with Crippen LogP contribution in [0.3, 0.4) is 0 Å².